The number of rotatable bonds is 3. The van der Waals surface area contributed by atoms with Crippen molar-refractivity contribution < 1.29 is 9.47 Å². The SMILES string of the molecule is COc1ccc2nc(Nc3ccc4c(c3)N=CCO4)c3[nH]ncc3c2c1. The van der Waals surface area contributed by atoms with Crippen molar-refractivity contribution in [2.24, 2.45) is 4.99 Å². The minimum absolute atomic E-state index is 0.504. The zero-order valence-corrected chi connectivity index (χ0v) is 14.0. The second kappa shape index (κ2) is 5.73. The first-order valence-electron chi connectivity index (χ1n) is 8.19. The van der Waals surface area contributed by atoms with E-state index in [0.29, 0.717) is 12.4 Å². The number of methoxy groups -OCH3 is 1. The van der Waals surface area contributed by atoms with E-state index in [1.807, 2.05) is 36.4 Å². The number of hydrogen-bond donors (Lipinski definition) is 2. The van der Waals surface area contributed by atoms with E-state index in [2.05, 4.69) is 20.5 Å². The van der Waals surface area contributed by atoms with E-state index < -0.39 is 0 Å². The molecule has 7 nitrogen and oxygen atoms in total. The highest BCUT2D eigenvalue weighted by molar-refractivity contribution is 6.09. The average molecular weight is 345 g/mol. The Labute approximate surface area is 148 Å². The zero-order valence-electron chi connectivity index (χ0n) is 14.0. The van der Waals surface area contributed by atoms with Gasteiger partial charge >= 0.3 is 0 Å². The molecule has 26 heavy (non-hydrogen) atoms. The number of ether oxygens (including phenoxy) is 2. The van der Waals surface area contributed by atoms with E-state index in [-0.39, 0.29) is 0 Å². The molecule has 2 aromatic carbocycles. The van der Waals surface area contributed by atoms with Crippen molar-refractivity contribution in [1.82, 2.24) is 15.2 Å². The van der Waals surface area contributed by atoms with Gasteiger partial charge in [-0.15, -0.1) is 0 Å². The molecule has 0 unspecified atom stereocenters. The first-order chi connectivity index (χ1) is 12.8. The maximum atomic E-state index is 5.55. The molecule has 2 aromatic heterocycles. The highest BCUT2D eigenvalue weighted by Crippen LogP contribution is 2.35. The van der Waals surface area contributed by atoms with Gasteiger partial charge in [0.1, 0.15) is 29.3 Å². The molecule has 0 fully saturated rings. The first-order valence-corrected chi connectivity index (χ1v) is 8.19. The maximum absolute atomic E-state index is 5.55. The molecule has 0 amide bonds. The lowest BCUT2D eigenvalue weighted by Crippen LogP contribution is -2.03. The van der Waals surface area contributed by atoms with Gasteiger partial charge in [0.2, 0.25) is 0 Å². The van der Waals surface area contributed by atoms with Gasteiger partial charge in [-0.3, -0.25) is 10.1 Å². The third kappa shape index (κ3) is 2.33. The lowest BCUT2D eigenvalue weighted by Gasteiger charge is -2.14. The van der Waals surface area contributed by atoms with Gasteiger partial charge in [0.05, 0.1) is 18.8 Å². The number of H-pyrrole nitrogens is 1. The third-order valence-corrected chi connectivity index (χ3v) is 4.37. The van der Waals surface area contributed by atoms with Gasteiger partial charge in [-0.25, -0.2) is 4.98 Å². The molecule has 5 rings (SSSR count). The Kier molecular flexibility index (Phi) is 3.24. The topological polar surface area (TPSA) is 84.4 Å². The summed E-state index contributed by atoms with van der Waals surface area (Å²) in [6, 6.07) is 11.6. The second-order valence-corrected chi connectivity index (χ2v) is 5.93. The second-order valence-electron chi connectivity index (χ2n) is 5.93. The Morgan fingerprint density at radius 3 is 3.04 bits per heavy atom. The van der Waals surface area contributed by atoms with Crippen molar-refractivity contribution in [3.05, 3.63) is 42.6 Å². The van der Waals surface area contributed by atoms with Crippen LogP contribution in [0.3, 0.4) is 0 Å². The number of benzene rings is 2. The summed E-state index contributed by atoms with van der Waals surface area (Å²) in [5, 5.41) is 12.6. The van der Waals surface area contributed by atoms with Crippen molar-refractivity contribution in [1.29, 1.82) is 0 Å². The fourth-order valence-corrected chi connectivity index (χ4v) is 3.11. The van der Waals surface area contributed by atoms with Crippen molar-refractivity contribution >= 4 is 45.2 Å². The number of hydrogen-bond acceptors (Lipinski definition) is 6. The molecule has 0 radical (unpaired) electrons. The van der Waals surface area contributed by atoms with Crippen LogP contribution in [-0.2, 0) is 0 Å². The van der Waals surface area contributed by atoms with Crippen molar-refractivity contribution in [2.75, 3.05) is 19.0 Å². The summed E-state index contributed by atoms with van der Waals surface area (Å²) in [6.45, 7) is 0.504. The molecule has 0 saturated carbocycles. The molecular weight excluding hydrogens is 330 g/mol. The molecule has 2 N–H and O–H groups in total. The van der Waals surface area contributed by atoms with Crippen LogP contribution in [0, 0.1) is 0 Å². The van der Waals surface area contributed by atoms with Gasteiger partial charge in [0.15, 0.2) is 5.82 Å². The molecule has 128 valence electrons. The van der Waals surface area contributed by atoms with Gasteiger partial charge < -0.3 is 14.8 Å². The fourth-order valence-electron chi connectivity index (χ4n) is 3.11. The summed E-state index contributed by atoms with van der Waals surface area (Å²) in [5.41, 5.74) is 3.38. The fraction of sp³-hybridized carbons (Fsp3) is 0.105. The lowest BCUT2D eigenvalue weighted by molar-refractivity contribution is 0.377. The summed E-state index contributed by atoms with van der Waals surface area (Å²) < 4.78 is 10.9. The maximum Gasteiger partial charge on any atom is 0.157 e. The highest BCUT2D eigenvalue weighted by Gasteiger charge is 2.13. The number of aromatic amines is 1. The number of nitrogens with one attached hydrogen (secondary N) is 2. The standard InChI is InChI=1S/C19H15N5O2/c1-25-12-3-4-15-13(9-12)14-10-21-24-18(14)19(23-15)22-11-2-5-17-16(8-11)20-6-7-26-17/h2-6,8-10H,7H2,1H3,(H,21,24)(H,22,23). The van der Waals surface area contributed by atoms with Gasteiger partial charge in [-0.1, -0.05) is 0 Å². The van der Waals surface area contributed by atoms with Crippen LogP contribution in [0.1, 0.15) is 0 Å². The Hall–Kier alpha value is -3.61. The van der Waals surface area contributed by atoms with E-state index in [1.54, 1.807) is 19.5 Å². The van der Waals surface area contributed by atoms with Crippen molar-refractivity contribution in [3.63, 3.8) is 0 Å². The van der Waals surface area contributed by atoms with Crippen molar-refractivity contribution in [2.45, 2.75) is 0 Å². The van der Waals surface area contributed by atoms with Crippen LogP contribution in [-0.4, -0.2) is 35.1 Å². The van der Waals surface area contributed by atoms with E-state index in [1.165, 1.54) is 0 Å². The molecule has 4 aromatic rings. The number of anilines is 2. The molecule has 0 saturated heterocycles. The number of aliphatic imine (C=N–C) groups is 1. The van der Waals surface area contributed by atoms with Gasteiger partial charge in [-0.2, -0.15) is 5.10 Å². The quantitative estimate of drug-likeness (QED) is 0.587. The number of aromatic nitrogens is 3. The molecular formula is C19H15N5O2. The molecule has 1 aliphatic heterocycles. The van der Waals surface area contributed by atoms with Crippen molar-refractivity contribution in [3.8, 4) is 11.5 Å². The summed E-state index contributed by atoms with van der Waals surface area (Å²) in [7, 11) is 1.65. The van der Waals surface area contributed by atoms with E-state index in [0.717, 1.165) is 44.7 Å². The largest absolute Gasteiger partial charge is 0.497 e. The molecule has 0 aliphatic carbocycles. The van der Waals surface area contributed by atoms with Crippen LogP contribution in [0.5, 0.6) is 11.5 Å². The molecule has 3 heterocycles. The Bertz CT molecular complexity index is 1170. The third-order valence-electron chi connectivity index (χ3n) is 4.37. The minimum Gasteiger partial charge on any atom is -0.497 e. The predicted molar refractivity (Wildman–Crippen MR) is 101 cm³/mol. The molecule has 1 aliphatic rings. The average Bonchev–Trinajstić information content (AvgIpc) is 3.18. The van der Waals surface area contributed by atoms with Gasteiger partial charge in [0.25, 0.3) is 0 Å². The molecule has 0 spiro atoms. The van der Waals surface area contributed by atoms with E-state index in [4.69, 9.17) is 14.5 Å². The number of nitrogens with zero attached hydrogens (tertiary/aromatic N) is 3. The van der Waals surface area contributed by atoms with Crippen LogP contribution in [0.4, 0.5) is 17.2 Å². The summed E-state index contributed by atoms with van der Waals surface area (Å²) >= 11 is 0. The van der Waals surface area contributed by atoms with Gasteiger partial charge in [0, 0.05) is 22.7 Å². The Morgan fingerprint density at radius 2 is 2.12 bits per heavy atom. The predicted octanol–water partition coefficient (Wildman–Crippen LogP) is 3.96. The lowest BCUT2D eigenvalue weighted by atomic mass is 10.1. The number of fused-ring (bicyclic) bond motifs is 4. The Balaban J connectivity index is 1.62. The zero-order chi connectivity index (χ0) is 17.5. The van der Waals surface area contributed by atoms with Crippen LogP contribution < -0.4 is 14.8 Å². The number of pyridine rings is 1. The summed E-state index contributed by atoms with van der Waals surface area (Å²) in [5.74, 6) is 2.27. The molecule has 7 heteroatoms. The Morgan fingerprint density at radius 1 is 1.15 bits per heavy atom. The summed E-state index contributed by atoms with van der Waals surface area (Å²) in [4.78, 5) is 9.12. The van der Waals surface area contributed by atoms with E-state index in [9.17, 15) is 0 Å². The molecule has 0 bridgehead atoms. The van der Waals surface area contributed by atoms with Crippen LogP contribution in [0.2, 0.25) is 0 Å². The monoisotopic (exact) mass is 345 g/mol. The van der Waals surface area contributed by atoms with E-state index >= 15 is 0 Å². The van der Waals surface area contributed by atoms with Crippen LogP contribution in [0.15, 0.2) is 47.6 Å². The van der Waals surface area contributed by atoms with Gasteiger partial charge in [-0.05, 0) is 36.4 Å². The minimum atomic E-state index is 0.504. The van der Waals surface area contributed by atoms with Crippen LogP contribution in [0.25, 0.3) is 21.8 Å². The normalized spacial score (nSPS) is 12.8. The molecule has 0 atom stereocenters. The smallest absolute Gasteiger partial charge is 0.157 e. The van der Waals surface area contributed by atoms with Crippen LogP contribution >= 0.6 is 0 Å². The first kappa shape index (κ1) is 14.7. The summed E-state index contributed by atoms with van der Waals surface area (Å²) in [6.07, 6.45) is 3.55. The highest BCUT2D eigenvalue weighted by atomic mass is 16.5.